The molecule has 11 heavy (non-hydrogen) atoms. The molecule has 0 aliphatic heterocycles. The maximum absolute atomic E-state index is 5.19. The van der Waals surface area contributed by atoms with Crippen molar-refractivity contribution < 1.29 is 4.42 Å². The summed E-state index contributed by atoms with van der Waals surface area (Å²) in [6, 6.07) is 3.94. The number of hydrogen-bond donors (Lipinski definition) is 0. The van der Waals surface area contributed by atoms with Gasteiger partial charge in [0.15, 0.2) is 0 Å². The molecule has 0 radical (unpaired) electrons. The van der Waals surface area contributed by atoms with E-state index < -0.39 is 0 Å². The summed E-state index contributed by atoms with van der Waals surface area (Å²) in [6.45, 7) is 5.90. The molecule has 0 unspecified atom stereocenters. The molecule has 0 atom stereocenters. The van der Waals surface area contributed by atoms with Gasteiger partial charge in [-0.05, 0) is 31.9 Å². The largest absolute Gasteiger partial charge is 0.469 e. The molecule has 0 N–H and O–H groups in total. The van der Waals surface area contributed by atoms with Gasteiger partial charge in [0.05, 0.1) is 6.26 Å². The monoisotopic (exact) mass is 150 g/mol. The Morgan fingerprint density at radius 3 is 3.00 bits per heavy atom. The van der Waals surface area contributed by atoms with Gasteiger partial charge >= 0.3 is 0 Å². The number of aryl methyl sites for hydroxylation is 1. The summed E-state index contributed by atoms with van der Waals surface area (Å²) in [5, 5.41) is 0. The first kappa shape index (κ1) is 8.12. The molecule has 0 amide bonds. The highest BCUT2D eigenvalue weighted by atomic mass is 16.3. The second kappa shape index (κ2) is 4.02. The van der Waals surface area contributed by atoms with E-state index in [0.717, 1.165) is 25.0 Å². The van der Waals surface area contributed by atoms with Crippen molar-refractivity contribution in [1.29, 1.82) is 0 Å². The van der Waals surface area contributed by atoms with Crippen LogP contribution in [0.4, 0.5) is 0 Å². The van der Waals surface area contributed by atoms with E-state index in [1.165, 1.54) is 5.57 Å². The SMILES string of the molecule is C=C(C)CCCc1ccco1. The van der Waals surface area contributed by atoms with Crippen molar-refractivity contribution in [2.45, 2.75) is 26.2 Å². The molecule has 0 aliphatic carbocycles. The van der Waals surface area contributed by atoms with Gasteiger partial charge in [0.25, 0.3) is 0 Å². The van der Waals surface area contributed by atoms with Crippen molar-refractivity contribution in [2.24, 2.45) is 0 Å². The molecule has 1 heteroatoms. The molecule has 1 aromatic heterocycles. The van der Waals surface area contributed by atoms with Gasteiger partial charge in [-0.1, -0.05) is 5.57 Å². The summed E-state index contributed by atoms with van der Waals surface area (Å²) in [4.78, 5) is 0. The molecule has 1 rings (SSSR count). The lowest BCUT2D eigenvalue weighted by molar-refractivity contribution is 0.502. The topological polar surface area (TPSA) is 13.1 Å². The Balaban J connectivity index is 2.19. The van der Waals surface area contributed by atoms with Gasteiger partial charge in [-0.2, -0.15) is 0 Å². The third-order valence-electron chi connectivity index (χ3n) is 1.61. The third kappa shape index (κ3) is 3.08. The fourth-order valence-electron chi connectivity index (χ4n) is 1.02. The van der Waals surface area contributed by atoms with Crippen LogP contribution < -0.4 is 0 Å². The molecule has 0 aromatic carbocycles. The van der Waals surface area contributed by atoms with Gasteiger partial charge in [-0.15, -0.1) is 6.58 Å². The average molecular weight is 150 g/mol. The van der Waals surface area contributed by atoms with E-state index in [1.807, 2.05) is 12.1 Å². The molecular weight excluding hydrogens is 136 g/mol. The van der Waals surface area contributed by atoms with E-state index in [2.05, 4.69) is 13.5 Å². The maximum atomic E-state index is 5.19. The highest BCUT2D eigenvalue weighted by Gasteiger charge is 1.94. The van der Waals surface area contributed by atoms with Crippen LogP contribution in [0.15, 0.2) is 35.0 Å². The number of allylic oxidation sites excluding steroid dienone is 1. The summed E-state index contributed by atoms with van der Waals surface area (Å²) < 4.78 is 5.19. The van der Waals surface area contributed by atoms with Gasteiger partial charge in [-0.25, -0.2) is 0 Å². The van der Waals surface area contributed by atoms with Crippen molar-refractivity contribution in [2.75, 3.05) is 0 Å². The predicted molar refractivity (Wildman–Crippen MR) is 46.5 cm³/mol. The summed E-state index contributed by atoms with van der Waals surface area (Å²) in [5.74, 6) is 1.08. The molecule has 0 spiro atoms. The van der Waals surface area contributed by atoms with Gasteiger partial charge in [0, 0.05) is 6.42 Å². The Bertz CT molecular complexity index is 209. The number of hydrogen-bond acceptors (Lipinski definition) is 1. The van der Waals surface area contributed by atoms with E-state index in [4.69, 9.17) is 4.42 Å². The van der Waals surface area contributed by atoms with E-state index in [0.29, 0.717) is 0 Å². The molecule has 1 nitrogen and oxygen atoms in total. The van der Waals surface area contributed by atoms with Gasteiger partial charge in [0.1, 0.15) is 5.76 Å². The van der Waals surface area contributed by atoms with Crippen LogP contribution in [0.3, 0.4) is 0 Å². The zero-order valence-electron chi connectivity index (χ0n) is 6.97. The first-order valence-electron chi connectivity index (χ1n) is 3.96. The second-order valence-electron chi connectivity index (χ2n) is 2.89. The van der Waals surface area contributed by atoms with Crippen LogP contribution in [0.2, 0.25) is 0 Å². The summed E-state index contributed by atoms with van der Waals surface area (Å²) in [5.41, 5.74) is 1.25. The predicted octanol–water partition coefficient (Wildman–Crippen LogP) is 3.18. The maximum Gasteiger partial charge on any atom is 0.103 e. The first-order chi connectivity index (χ1) is 5.29. The van der Waals surface area contributed by atoms with Crippen molar-refractivity contribution in [3.63, 3.8) is 0 Å². The minimum Gasteiger partial charge on any atom is -0.469 e. The normalized spacial score (nSPS) is 9.91. The molecule has 0 aliphatic rings. The lowest BCUT2D eigenvalue weighted by atomic mass is 10.1. The van der Waals surface area contributed by atoms with E-state index in [-0.39, 0.29) is 0 Å². The lowest BCUT2D eigenvalue weighted by Gasteiger charge is -1.96. The molecule has 0 saturated carbocycles. The minimum absolute atomic E-state index is 1.03. The zero-order valence-corrected chi connectivity index (χ0v) is 6.97. The minimum atomic E-state index is 1.03. The summed E-state index contributed by atoms with van der Waals surface area (Å²) in [7, 11) is 0. The van der Waals surface area contributed by atoms with Crippen LogP contribution in [-0.2, 0) is 6.42 Å². The second-order valence-corrected chi connectivity index (χ2v) is 2.89. The van der Waals surface area contributed by atoms with Crippen LogP contribution in [0, 0.1) is 0 Å². The van der Waals surface area contributed by atoms with Gasteiger partial charge in [-0.3, -0.25) is 0 Å². The van der Waals surface area contributed by atoms with Gasteiger partial charge < -0.3 is 4.42 Å². The summed E-state index contributed by atoms with van der Waals surface area (Å²) in [6.07, 6.45) is 4.99. The van der Waals surface area contributed by atoms with E-state index in [9.17, 15) is 0 Å². The molecule has 1 heterocycles. The number of furan rings is 1. The molecular formula is C10H14O. The zero-order chi connectivity index (χ0) is 8.10. The molecule has 0 bridgehead atoms. The molecule has 0 fully saturated rings. The van der Waals surface area contributed by atoms with Crippen LogP contribution in [0.5, 0.6) is 0 Å². The van der Waals surface area contributed by atoms with Crippen LogP contribution in [0.25, 0.3) is 0 Å². The van der Waals surface area contributed by atoms with Crippen LogP contribution >= 0.6 is 0 Å². The Labute approximate surface area is 67.7 Å². The first-order valence-corrected chi connectivity index (χ1v) is 3.96. The van der Waals surface area contributed by atoms with Crippen LogP contribution in [-0.4, -0.2) is 0 Å². The Morgan fingerprint density at radius 2 is 2.45 bits per heavy atom. The van der Waals surface area contributed by atoms with Crippen molar-refractivity contribution in [3.8, 4) is 0 Å². The highest BCUT2D eigenvalue weighted by Crippen LogP contribution is 2.08. The fraction of sp³-hybridized carbons (Fsp3) is 0.400. The highest BCUT2D eigenvalue weighted by molar-refractivity contribution is 4.99. The smallest absolute Gasteiger partial charge is 0.103 e. The Hall–Kier alpha value is -0.980. The summed E-state index contributed by atoms with van der Waals surface area (Å²) >= 11 is 0. The Kier molecular flexibility index (Phi) is 2.96. The lowest BCUT2D eigenvalue weighted by Crippen LogP contribution is -1.82. The van der Waals surface area contributed by atoms with Crippen molar-refractivity contribution in [3.05, 3.63) is 36.3 Å². The average Bonchev–Trinajstić information content (AvgIpc) is 2.39. The van der Waals surface area contributed by atoms with Crippen molar-refractivity contribution >= 4 is 0 Å². The Morgan fingerprint density at radius 1 is 1.64 bits per heavy atom. The quantitative estimate of drug-likeness (QED) is 0.601. The fourth-order valence-corrected chi connectivity index (χ4v) is 1.02. The third-order valence-corrected chi connectivity index (χ3v) is 1.61. The molecule has 60 valence electrons. The number of rotatable bonds is 4. The van der Waals surface area contributed by atoms with Gasteiger partial charge in [0.2, 0.25) is 0 Å². The van der Waals surface area contributed by atoms with Crippen molar-refractivity contribution in [1.82, 2.24) is 0 Å². The van der Waals surface area contributed by atoms with E-state index in [1.54, 1.807) is 6.26 Å². The van der Waals surface area contributed by atoms with Crippen LogP contribution in [0.1, 0.15) is 25.5 Å². The molecule has 0 saturated heterocycles. The standard InChI is InChI=1S/C10H14O/c1-9(2)5-3-6-10-7-4-8-11-10/h4,7-8H,1,3,5-6H2,2H3. The molecule has 1 aromatic rings. The van der Waals surface area contributed by atoms with E-state index >= 15 is 0 Å².